The zero-order chi connectivity index (χ0) is 12.7. The molecule has 2 bridgehead atoms. The van der Waals surface area contributed by atoms with Gasteiger partial charge in [0.25, 0.3) is 0 Å². The third-order valence-electron chi connectivity index (χ3n) is 5.19. The number of allylic oxidation sites excluding steroid dienone is 1. The molecule has 0 aromatic heterocycles. The van der Waals surface area contributed by atoms with E-state index >= 15 is 0 Å². The zero-order valence-electron chi connectivity index (χ0n) is 12.0. The van der Waals surface area contributed by atoms with Gasteiger partial charge in [0.2, 0.25) is 0 Å². The van der Waals surface area contributed by atoms with Crippen molar-refractivity contribution in [3.8, 4) is 0 Å². The quantitative estimate of drug-likeness (QED) is 0.507. The Kier molecular flexibility index (Phi) is 3.47. The Labute approximate surface area is 109 Å². The number of fused-ring (bicyclic) bond motifs is 2. The van der Waals surface area contributed by atoms with Gasteiger partial charge in [-0.2, -0.15) is 0 Å². The van der Waals surface area contributed by atoms with E-state index in [1.165, 1.54) is 32.1 Å². The largest absolute Gasteiger partial charge is 0.455 e. The number of rotatable bonds is 5. The molecule has 3 heteroatoms. The molecule has 2 fully saturated rings. The molecule has 0 heterocycles. The molecule has 98 valence electrons. The first-order chi connectivity index (χ1) is 7.80. The molecule has 2 saturated carbocycles. The van der Waals surface area contributed by atoms with Crippen LogP contribution >= 0.6 is 0 Å². The molecule has 0 N–H and O–H groups in total. The van der Waals surface area contributed by atoms with E-state index in [-0.39, 0.29) is 0 Å². The summed E-state index contributed by atoms with van der Waals surface area (Å²) >= 11 is 0. The zero-order valence-corrected chi connectivity index (χ0v) is 14.0. The topological polar surface area (TPSA) is 9.23 Å². The third kappa shape index (κ3) is 2.47. The van der Waals surface area contributed by atoms with Crippen LogP contribution in [0, 0.1) is 5.92 Å². The van der Waals surface area contributed by atoms with Crippen molar-refractivity contribution in [2.24, 2.45) is 5.92 Å². The van der Waals surface area contributed by atoms with E-state index in [1.807, 2.05) is 0 Å². The Morgan fingerprint density at radius 1 is 1.24 bits per heavy atom. The summed E-state index contributed by atoms with van der Waals surface area (Å²) < 4.78 is 6.78. The minimum atomic E-state index is -1.54. The van der Waals surface area contributed by atoms with Gasteiger partial charge < -0.3 is 4.12 Å². The first kappa shape index (κ1) is 13.6. The van der Waals surface area contributed by atoms with Crippen LogP contribution in [0.2, 0.25) is 37.3 Å². The molecule has 17 heavy (non-hydrogen) atoms. The first-order valence-corrected chi connectivity index (χ1v) is 13.1. The van der Waals surface area contributed by atoms with Gasteiger partial charge in [-0.3, -0.25) is 0 Å². The van der Waals surface area contributed by atoms with E-state index in [0.717, 1.165) is 12.0 Å². The Hall–Kier alpha value is 0.134. The fourth-order valence-electron chi connectivity index (χ4n) is 4.23. The van der Waals surface area contributed by atoms with Crippen LogP contribution in [0.25, 0.3) is 0 Å². The average Bonchev–Trinajstić information content (AvgIpc) is 2.76. The van der Waals surface area contributed by atoms with Crippen molar-refractivity contribution in [3.63, 3.8) is 0 Å². The summed E-state index contributed by atoms with van der Waals surface area (Å²) in [7, 11) is -3.04. The second kappa shape index (κ2) is 4.35. The highest BCUT2D eigenvalue weighted by Crippen LogP contribution is 2.64. The molecule has 0 atom stereocenters. The molecule has 2 aliphatic rings. The number of hydrogen-bond acceptors (Lipinski definition) is 1. The predicted octanol–water partition coefficient (Wildman–Crippen LogP) is 4.93. The van der Waals surface area contributed by atoms with E-state index in [0.29, 0.717) is 5.04 Å². The lowest BCUT2D eigenvalue weighted by Gasteiger charge is -2.45. The summed E-state index contributed by atoms with van der Waals surface area (Å²) in [6.07, 6.45) is 9.39. The highest BCUT2D eigenvalue weighted by Gasteiger charge is 2.56. The first-order valence-electron chi connectivity index (χ1n) is 7.11. The van der Waals surface area contributed by atoms with Gasteiger partial charge in [0.15, 0.2) is 16.6 Å². The molecule has 0 saturated heterocycles. The van der Waals surface area contributed by atoms with Gasteiger partial charge in [-0.1, -0.05) is 18.9 Å². The van der Waals surface area contributed by atoms with Crippen molar-refractivity contribution in [2.45, 2.75) is 69.4 Å². The maximum absolute atomic E-state index is 6.78. The lowest BCUT2D eigenvalue weighted by atomic mass is 10.0. The average molecular weight is 269 g/mol. The van der Waals surface area contributed by atoms with Crippen LogP contribution in [0.4, 0.5) is 0 Å². The van der Waals surface area contributed by atoms with E-state index in [4.69, 9.17) is 4.12 Å². The minimum Gasteiger partial charge on any atom is -0.455 e. The monoisotopic (exact) mass is 268 g/mol. The number of hydrogen-bond donors (Lipinski definition) is 0. The fraction of sp³-hybridized carbons (Fsp3) is 0.857. The Morgan fingerprint density at radius 3 is 2.24 bits per heavy atom. The summed E-state index contributed by atoms with van der Waals surface area (Å²) in [5, 5.41) is 0.628. The Bertz CT molecular complexity index is 301. The normalized spacial score (nSPS) is 33.1. The molecule has 0 aliphatic heterocycles. The lowest BCUT2D eigenvalue weighted by molar-refractivity contribution is 0.421. The molecule has 0 spiro atoms. The summed E-state index contributed by atoms with van der Waals surface area (Å²) in [5.41, 5.74) is 0. The summed E-state index contributed by atoms with van der Waals surface area (Å²) in [6, 6.07) is 1.10. The van der Waals surface area contributed by atoms with Crippen molar-refractivity contribution in [2.75, 3.05) is 0 Å². The van der Waals surface area contributed by atoms with Gasteiger partial charge in [-0.15, -0.1) is 6.58 Å². The summed E-state index contributed by atoms with van der Waals surface area (Å²) in [5.74, 6) is 1.04. The van der Waals surface area contributed by atoms with Crippen LogP contribution in [0.15, 0.2) is 12.7 Å². The minimum absolute atomic E-state index is 0.628. The maximum Gasteiger partial charge on any atom is 0.179 e. The van der Waals surface area contributed by atoms with Gasteiger partial charge in [0, 0.05) is 0 Å². The van der Waals surface area contributed by atoms with Crippen molar-refractivity contribution < 1.29 is 4.12 Å². The standard InChI is InChI=1S/C14H28OSi2/c1-6-11-16(2,3)15-17(4,5)14-9-7-13(12-14)8-10-14/h6,13H,1,7-12H2,2-5H3. The van der Waals surface area contributed by atoms with E-state index in [2.05, 4.69) is 38.8 Å². The molecule has 0 radical (unpaired) electrons. The van der Waals surface area contributed by atoms with Crippen LogP contribution in [-0.2, 0) is 4.12 Å². The molecule has 0 aromatic rings. The van der Waals surface area contributed by atoms with E-state index in [1.54, 1.807) is 0 Å². The molecular weight excluding hydrogens is 240 g/mol. The van der Waals surface area contributed by atoms with Crippen molar-refractivity contribution >= 4 is 16.6 Å². The predicted molar refractivity (Wildman–Crippen MR) is 80.3 cm³/mol. The second-order valence-corrected chi connectivity index (χ2v) is 16.1. The highest BCUT2D eigenvalue weighted by atomic mass is 28.4. The smallest absolute Gasteiger partial charge is 0.179 e. The molecule has 0 aromatic carbocycles. The Morgan fingerprint density at radius 2 is 1.82 bits per heavy atom. The van der Waals surface area contributed by atoms with Gasteiger partial charge in [-0.25, -0.2) is 0 Å². The maximum atomic E-state index is 6.78. The van der Waals surface area contributed by atoms with Crippen LogP contribution in [0.1, 0.15) is 32.1 Å². The third-order valence-corrected chi connectivity index (χ3v) is 14.0. The van der Waals surface area contributed by atoms with Gasteiger partial charge >= 0.3 is 0 Å². The molecular formula is C14H28OSi2. The van der Waals surface area contributed by atoms with Crippen LogP contribution in [0.5, 0.6) is 0 Å². The fourth-order valence-corrected chi connectivity index (χ4v) is 13.9. The van der Waals surface area contributed by atoms with Crippen molar-refractivity contribution in [1.29, 1.82) is 0 Å². The highest BCUT2D eigenvalue weighted by molar-refractivity contribution is 6.86. The van der Waals surface area contributed by atoms with E-state index < -0.39 is 16.6 Å². The van der Waals surface area contributed by atoms with Crippen LogP contribution in [-0.4, -0.2) is 16.6 Å². The van der Waals surface area contributed by atoms with Gasteiger partial charge in [0.1, 0.15) is 0 Å². The second-order valence-electron chi connectivity index (χ2n) is 7.29. The molecule has 0 amide bonds. The van der Waals surface area contributed by atoms with Crippen LogP contribution in [0.3, 0.4) is 0 Å². The van der Waals surface area contributed by atoms with Gasteiger partial charge in [-0.05, 0) is 62.5 Å². The van der Waals surface area contributed by atoms with E-state index in [9.17, 15) is 0 Å². The molecule has 0 unspecified atom stereocenters. The summed E-state index contributed by atoms with van der Waals surface area (Å²) in [6.45, 7) is 13.6. The van der Waals surface area contributed by atoms with Crippen LogP contribution < -0.4 is 0 Å². The molecule has 1 nitrogen and oxygen atoms in total. The molecule has 2 aliphatic carbocycles. The molecule has 2 rings (SSSR count). The lowest BCUT2D eigenvalue weighted by Crippen LogP contribution is -2.51. The summed E-state index contributed by atoms with van der Waals surface area (Å²) in [4.78, 5) is 0. The van der Waals surface area contributed by atoms with Crippen molar-refractivity contribution in [1.82, 2.24) is 0 Å². The SMILES string of the molecule is C=CC[Si](C)(C)O[Si](C)(C)C12CCC(CC1)C2. The van der Waals surface area contributed by atoms with Gasteiger partial charge in [0.05, 0.1) is 0 Å². The van der Waals surface area contributed by atoms with Crippen molar-refractivity contribution in [3.05, 3.63) is 12.7 Å². The Balaban J connectivity index is 2.10.